The summed E-state index contributed by atoms with van der Waals surface area (Å²) in [6.07, 6.45) is 5.21. The van der Waals surface area contributed by atoms with Gasteiger partial charge in [-0.25, -0.2) is 0 Å². The van der Waals surface area contributed by atoms with Crippen molar-refractivity contribution >= 4 is 23.9 Å². The Labute approximate surface area is 106 Å². The Balaban J connectivity index is 4.08. The molecule has 0 aromatic heterocycles. The van der Waals surface area contributed by atoms with Gasteiger partial charge in [0.15, 0.2) is 0 Å². The van der Waals surface area contributed by atoms with Gasteiger partial charge < -0.3 is 0 Å². The van der Waals surface area contributed by atoms with Crippen LogP contribution in [0.15, 0.2) is 9.16 Å². The van der Waals surface area contributed by atoms with E-state index in [9.17, 15) is 9.81 Å². The van der Waals surface area contributed by atoms with Crippen molar-refractivity contribution in [2.75, 3.05) is 0 Å². The summed E-state index contributed by atoms with van der Waals surface area (Å²) in [7, 11) is 0. The molecule has 0 heterocycles. The summed E-state index contributed by atoms with van der Waals surface area (Å²) in [5.41, 5.74) is 0. The third-order valence-electron chi connectivity index (χ3n) is 2.33. The molecule has 0 saturated carbocycles. The highest BCUT2D eigenvalue weighted by Crippen LogP contribution is 2.35. The Kier molecular flexibility index (Phi) is 8.93. The fourth-order valence-corrected chi connectivity index (χ4v) is 3.03. The molecule has 1 unspecified atom stereocenters. The first-order valence-electron chi connectivity index (χ1n) is 5.55. The van der Waals surface area contributed by atoms with Gasteiger partial charge in [-0.3, -0.25) is 0 Å². The van der Waals surface area contributed by atoms with Crippen LogP contribution < -0.4 is 0 Å². The summed E-state index contributed by atoms with van der Waals surface area (Å²) in [6.45, 7) is 6.09. The zero-order chi connectivity index (χ0) is 12.4. The van der Waals surface area contributed by atoms with Gasteiger partial charge in [-0.15, -0.1) is 9.81 Å². The molecule has 0 saturated heterocycles. The lowest BCUT2D eigenvalue weighted by Crippen LogP contribution is -2.20. The normalized spacial score (nSPS) is 13.4. The summed E-state index contributed by atoms with van der Waals surface area (Å²) in [5.74, 6) is 0. The second kappa shape index (κ2) is 8.98. The first-order valence-corrected chi connectivity index (χ1v) is 7.16. The summed E-state index contributed by atoms with van der Waals surface area (Å²) >= 11 is 2.13. The number of hydrogen-bond acceptors (Lipinski definition) is 6. The highest BCUT2D eigenvalue weighted by molar-refractivity contribution is 7.99. The molecule has 0 aromatic rings. The molecule has 0 fully saturated rings. The summed E-state index contributed by atoms with van der Waals surface area (Å²) in [4.78, 5) is 20.6. The van der Waals surface area contributed by atoms with Crippen LogP contribution in [0.5, 0.6) is 0 Å². The van der Waals surface area contributed by atoms with Crippen molar-refractivity contribution in [2.24, 2.45) is 9.16 Å². The van der Waals surface area contributed by atoms with Gasteiger partial charge in [0.25, 0.3) is 0 Å². The maximum atomic E-state index is 10.3. The minimum Gasteiger partial charge on any atom is -0.137 e. The Bertz CT molecular complexity index is 213. The van der Waals surface area contributed by atoms with E-state index in [2.05, 4.69) is 16.1 Å². The highest BCUT2D eigenvalue weighted by Gasteiger charge is 2.25. The molecule has 0 aliphatic heterocycles. The quantitative estimate of drug-likeness (QED) is 0.319. The predicted octanol–water partition coefficient (Wildman–Crippen LogP) is 4.93. The Morgan fingerprint density at radius 2 is 1.88 bits per heavy atom. The molecule has 0 aromatic carbocycles. The minimum atomic E-state index is -0.212. The summed E-state index contributed by atoms with van der Waals surface area (Å²) in [5, 5.41) is 0.202. The molecule has 4 nitrogen and oxygen atoms in total. The van der Waals surface area contributed by atoms with Crippen LogP contribution in [0.1, 0.15) is 52.9 Å². The summed E-state index contributed by atoms with van der Waals surface area (Å²) < 4.78 is 5.56. The third-order valence-corrected chi connectivity index (χ3v) is 3.85. The second-order valence-electron chi connectivity index (χ2n) is 4.43. The Morgan fingerprint density at radius 1 is 1.19 bits per heavy atom. The molecule has 0 aliphatic carbocycles. The molecular weight excluding hydrogens is 244 g/mol. The molecule has 0 rings (SSSR count). The van der Waals surface area contributed by atoms with Gasteiger partial charge in [0, 0.05) is 43.1 Å². The minimum absolute atomic E-state index is 0.202. The van der Waals surface area contributed by atoms with Gasteiger partial charge in [-0.05, 0) is 26.7 Å². The predicted molar refractivity (Wildman–Crippen MR) is 73.4 cm³/mol. The zero-order valence-electron chi connectivity index (χ0n) is 10.1. The van der Waals surface area contributed by atoms with E-state index in [-0.39, 0.29) is 10.00 Å². The number of rotatable bonds is 10. The average Bonchev–Trinajstić information content (AvgIpc) is 2.17. The van der Waals surface area contributed by atoms with Crippen LogP contribution in [0.2, 0.25) is 0 Å². The SMILES string of the molecule is CCCCCC(CC(C)(C)SN=O)SN=O. The molecule has 1 atom stereocenters. The van der Waals surface area contributed by atoms with Crippen molar-refractivity contribution < 1.29 is 0 Å². The van der Waals surface area contributed by atoms with Crippen LogP contribution in [0.25, 0.3) is 0 Å². The van der Waals surface area contributed by atoms with E-state index in [0.717, 1.165) is 43.2 Å². The van der Waals surface area contributed by atoms with Crippen molar-refractivity contribution in [3.8, 4) is 0 Å². The topological polar surface area (TPSA) is 58.9 Å². The monoisotopic (exact) mass is 264 g/mol. The van der Waals surface area contributed by atoms with Gasteiger partial charge in [-0.2, -0.15) is 0 Å². The summed E-state index contributed by atoms with van der Waals surface area (Å²) in [6, 6.07) is 0. The number of nitrogens with zero attached hydrogens (tertiary/aromatic N) is 2. The molecule has 6 heteroatoms. The number of unbranched alkanes of at least 4 members (excludes halogenated alkanes) is 2. The molecule has 0 radical (unpaired) electrons. The fraction of sp³-hybridized carbons (Fsp3) is 1.00. The van der Waals surface area contributed by atoms with E-state index in [1.807, 2.05) is 13.8 Å². The first kappa shape index (κ1) is 15.9. The first-order chi connectivity index (χ1) is 7.55. The van der Waals surface area contributed by atoms with E-state index in [0.29, 0.717) is 0 Å². The van der Waals surface area contributed by atoms with Crippen molar-refractivity contribution in [2.45, 2.75) is 62.9 Å². The molecule has 0 amide bonds. The Hall–Kier alpha value is -0.100. The molecule has 0 bridgehead atoms. The van der Waals surface area contributed by atoms with E-state index in [1.54, 1.807) is 0 Å². The lowest BCUT2D eigenvalue weighted by atomic mass is 10.0. The lowest BCUT2D eigenvalue weighted by molar-refractivity contribution is 0.561. The van der Waals surface area contributed by atoms with Crippen molar-refractivity contribution in [1.29, 1.82) is 0 Å². The van der Waals surface area contributed by atoms with Gasteiger partial charge in [0.05, 0.1) is 0 Å². The standard InChI is InChI=1S/C10H20N2O2S2/c1-4-5-6-7-9(15-11-13)8-10(2,3)16-12-14/h9H,4-8H2,1-3H3. The average molecular weight is 264 g/mol. The van der Waals surface area contributed by atoms with Gasteiger partial charge >= 0.3 is 0 Å². The van der Waals surface area contributed by atoms with Crippen LogP contribution in [0.3, 0.4) is 0 Å². The van der Waals surface area contributed by atoms with Crippen molar-refractivity contribution in [1.82, 2.24) is 0 Å². The van der Waals surface area contributed by atoms with Crippen LogP contribution in [0, 0.1) is 9.81 Å². The highest BCUT2D eigenvalue weighted by atomic mass is 32.2. The maximum Gasteiger partial charge on any atom is 0.0367 e. The van der Waals surface area contributed by atoms with E-state index in [1.165, 1.54) is 12.8 Å². The zero-order valence-corrected chi connectivity index (χ0v) is 11.8. The molecular formula is C10H20N2O2S2. The van der Waals surface area contributed by atoms with E-state index >= 15 is 0 Å². The van der Waals surface area contributed by atoms with E-state index < -0.39 is 0 Å². The number of nitroso groups, excluding NO2 is 2. The maximum absolute atomic E-state index is 10.3. The molecule has 0 spiro atoms. The van der Waals surface area contributed by atoms with Crippen molar-refractivity contribution in [3.05, 3.63) is 9.81 Å². The van der Waals surface area contributed by atoms with Crippen LogP contribution in [-0.2, 0) is 0 Å². The van der Waals surface area contributed by atoms with Gasteiger partial charge in [-0.1, -0.05) is 26.2 Å². The number of hydrogen-bond donors (Lipinski definition) is 0. The molecule has 16 heavy (non-hydrogen) atoms. The van der Waals surface area contributed by atoms with Crippen LogP contribution >= 0.6 is 23.9 Å². The lowest BCUT2D eigenvalue weighted by Gasteiger charge is -2.23. The van der Waals surface area contributed by atoms with Gasteiger partial charge in [0.1, 0.15) is 0 Å². The largest absolute Gasteiger partial charge is 0.137 e. The van der Waals surface area contributed by atoms with E-state index in [4.69, 9.17) is 0 Å². The van der Waals surface area contributed by atoms with Gasteiger partial charge in [0.2, 0.25) is 0 Å². The van der Waals surface area contributed by atoms with Crippen LogP contribution in [0.4, 0.5) is 0 Å². The van der Waals surface area contributed by atoms with Crippen molar-refractivity contribution in [3.63, 3.8) is 0 Å². The third kappa shape index (κ3) is 8.10. The molecule has 94 valence electrons. The second-order valence-corrected chi connectivity index (χ2v) is 6.89. The Morgan fingerprint density at radius 3 is 2.38 bits per heavy atom. The van der Waals surface area contributed by atoms with Crippen LogP contribution in [-0.4, -0.2) is 10.00 Å². The smallest absolute Gasteiger partial charge is 0.0367 e. The molecule has 0 aliphatic rings. The fourth-order valence-electron chi connectivity index (χ4n) is 1.56. The molecule has 0 N–H and O–H groups in total.